The van der Waals surface area contributed by atoms with Crippen molar-refractivity contribution in [3.63, 3.8) is 0 Å². The molecule has 150 valence electrons. The van der Waals surface area contributed by atoms with E-state index in [1.807, 2.05) is 0 Å². The maximum absolute atomic E-state index is 13.1. The Morgan fingerprint density at radius 1 is 1.11 bits per heavy atom. The molecule has 2 nitrogen and oxygen atoms in total. The van der Waals surface area contributed by atoms with Gasteiger partial charge in [-0.3, -0.25) is 4.79 Å². The Hall–Kier alpha value is -1.05. The number of hydrogen-bond acceptors (Lipinski definition) is 1. The Bertz CT molecular complexity index is 696. The highest BCUT2D eigenvalue weighted by Gasteiger charge is 2.59. The summed E-state index contributed by atoms with van der Waals surface area (Å²) in [6.45, 7) is 13.6. The Morgan fingerprint density at radius 2 is 1.85 bits per heavy atom. The van der Waals surface area contributed by atoms with E-state index in [1.54, 1.807) is 11.1 Å². The second kappa shape index (κ2) is 6.22. The molecule has 27 heavy (non-hydrogen) atoms. The lowest BCUT2D eigenvalue weighted by molar-refractivity contribution is -0.133. The fourth-order valence-electron chi connectivity index (χ4n) is 7.35. The van der Waals surface area contributed by atoms with Crippen molar-refractivity contribution in [1.29, 1.82) is 0 Å². The van der Waals surface area contributed by atoms with E-state index in [2.05, 4.69) is 59.0 Å². The standard InChI is InChI=1S/C25H39NO/c1-16-11-13-24(5)17(15-16)7-8-18-19-9-10-21(22(27)26-23(2,3)4)25(19,6)14-12-20(18)24/h7,15,18-21H,8-14H2,1-6H3,(H,26,27). The van der Waals surface area contributed by atoms with Crippen LogP contribution < -0.4 is 5.32 Å². The van der Waals surface area contributed by atoms with Crippen LogP contribution in [0.4, 0.5) is 0 Å². The van der Waals surface area contributed by atoms with Gasteiger partial charge in [-0.15, -0.1) is 0 Å². The molecule has 0 aromatic rings. The molecule has 0 aromatic carbocycles. The lowest BCUT2D eigenvalue weighted by Crippen LogP contribution is -2.52. The van der Waals surface area contributed by atoms with Crippen LogP contribution in [0, 0.1) is 34.5 Å². The summed E-state index contributed by atoms with van der Waals surface area (Å²) >= 11 is 0. The number of hydrogen-bond donors (Lipinski definition) is 1. The van der Waals surface area contributed by atoms with Gasteiger partial charge in [0.05, 0.1) is 0 Å². The molecule has 1 amide bonds. The first-order valence-electron chi connectivity index (χ1n) is 11.2. The van der Waals surface area contributed by atoms with Crippen LogP contribution in [0.3, 0.4) is 0 Å². The molecule has 4 aliphatic carbocycles. The molecule has 2 heteroatoms. The summed E-state index contributed by atoms with van der Waals surface area (Å²) < 4.78 is 0. The fraction of sp³-hybridized carbons (Fsp3) is 0.800. The maximum atomic E-state index is 13.1. The predicted molar refractivity (Wildman–Crippen MR) is 112 cm³/mol. The molecule has 0 spiro atoms. The molecule has 1 N–H and O–H groups in total. The molecule has 0 aromatic heterocycles. The summed E-state index contributed by atoms with van der Waals surface area (Å²) in [6.07, 6.45) is 13.7. The number of rotatable bonds is 1. The van der Waals surface area contributed by atoms with Gasteiger partial charge < -0.3 is 5.32 Å². The smallest absolute Gasteiger partial charge is 0.224 e. The van der Waals surface area contributed by atoms with E-state index in [9.17, 15) is 4.79 Å². The minimum Gasteiger partial charge on any atom is -0.351 e. The van der Waals surface area contributed by atoms with Gasteiger partial charge in [0, 0.05) is 11.5 Å². The van der Waals surface area contributed by atoms with Crippen LogP contribution in [0.1, 0.15) is 86.5 Å². The minimum absolute atomic E-state index is 0.134. The first-order chi connectivity index (χ1) is 12.5. The van der Waals surface area contributed by atoms with Gasteiger partial charge in [-0.2, -0.15) is 0 Å². The SMILES string of the molecule is CC1=CC2=CCC3C(CCC4(C)C(C(=O)NC(C)(C)C)CCC34)C2(C)CC1. The van der Waals surface area contributed by atoms with Crippen LogP contribution in [-0.4, -0.2) is 11.4 Å². The molecule has 0 aliphatic heterocycles. The molecule has 0 bridgehead atoms. The van der Waals surface area contributed by atoms with Gasteiger partial charge >= 0.3 is 0 Å². The van der Waals surface area contributed by atoms with Gasteiger partial charge in [0.15, 0.2) is 0 Å². The van der Waals surface area contributed by atoms with E-state index in [0.29, 0.717) is 17.2 Å². The van der Waals surface area contributed by atoms with Crippen molar-refractivity contribution in [3.05, 3.63) is 23.3 Å². The molecule has 2 fully saturated rings. The monoisotopic (exact) mass is 369 g/mol. The highest BCUT2D eigenvalue weighted by Crippen LogP contribution is 2.65. The first kappa shape index (κ1) is 19.3. The van der Waals surface area contributed by atoms with Crippen LogP contribution >= 0.6 is 0 Å². The third-order valence-corrected chi connectivity index (χ3v) is 8.78. The topological polar surface area (TPSA) is 29.1 Å². The molecular weight excluding hydrogens is 330 g/mol. The lowest BCUT2D eigenvalue weighted by Gasteiger charge is -2.57. The van der Waals surface area contributed by atoms with Crippen molar-refractivity contribution in [2.24, 2.45) is 34.5 Å². The number of carbonyl (C=O) groups excluding carboxylic acids is 1. The highest BCUT2D eigenvalue weighted by molar-refractivity contribution is 5.80. The molecule has 4 rings (SSSR count). The van der Waals surface area contributed by atoms with Gasteiger partial charge in [-0.05, 0) is 107 Å². The molecule has 2 saturated carbocycles. The summed E-state index contributed by atoms with van der Waals surface area (Å²) in [7, 11) is 0. The zero-order chi connectivity index (χ0) is 19.6. The molecule has 0 saturated heterocycles. The van der Waals surface area contributed by atoms with E-state index < -0.39 is 0 Å². The molecule has 4 aliphatic rings. The fourth-order valence-corrected chi connectivity index (χ4v) is 7.35. The second-order valence-electron chi connectivity index (χ2n) is 11.6. The molecule has 6 unspecified atom stereocenters. The number of allylic oxidation sites excluding steroid dienone is 4. The second-order valence-corrected chi connectivity index (χ2v) is 11.6. The van der Waals surface area contributed by atoms with E-state index in [-0.39, 0.29) is 16.9 Å². The van der Waals surface area contributed by atoms with Gasteiger partial charge in [0.2, 0.25) is 5.91 Å². The van der Waals surface area contributed by atoms with Crippen LogP contribution in [0.2, 0.25) is 0 Å². The average molecular weight is 370 g/mol. The minimum atomic E-state index is -0.134. The van der Waals surface area contributed by atoms with Crippen LogP contribution in [-0.2, 0) is 4.79 Å². The third kappa shape index (κ3) is 3.02. The Balaban J connectivity index is 1.60. The normalized spacial score (nSPS) is 43.8. The highest BCUT2D eigenvalue weighted by atomic mass is 16.2. The quantitative estimate of drug-likeness (QED) is 0.600. The van der Waals surface area contributed by atoms with Crippen molar-refractivity contribution in [2.75, 3.05) is 0 Å². The van der Waals surface area contributed by atoms with Crippen LogP contribution in [0.5, 0.6) is 0 Å². The maximum Gasteiger partial charge on any atom is 0.224 e. The Labute approximate surface area is 166 Å². The average Bonchev–Trinajstić information content (AvgIpc) is 2.91. The summed E-state index contributed by atoms with van der Waals surface area (Å²) in [5, 5.41) is 3.29. The predicted octanol–water partition coefficient (Wildman–Crippen LogP) is 6.04. The largest absolute Gasteiger partial charge is 0.351 e. The van der Waals surface area contributed by atoms with E-state index in [0.717, 1.165) is 18.3 Å². The number of nitrogens with one attached hydrogen (secondary N) is 1. The summed E-state index contributed by atoms with van der Waals surface area (Å²) in [5.41, 5.74) is 3.60. The van der Waals surface area contributed by atoms with Crippen LogP contribution in [0.25, 0.3) is 0 Å². The van der Waals surface area contributed by atoms with Gasteiger partial charge in [-0.1, -0.05) is 31.6 Å². The van der Waals surface area contributed by atoms with Gasteiger partial charge in [0.1, 0.15) is 0 Å². The summed E-state index contributed by atoms with van der Waals surface area (Å²) in [6, 6.07) is 0. The van der Waals surface area contributed by atoms with Crippen molar-refractivity contribution in [1.82, 2.24) is 5.32 Å². The van der Waals surface area contributed by atoms with Crippen molar-refractivity contribution >= 4 is 5.91 Å². The Kier molecular flexibility index (Phi) is 4.44. The zero-order valence-corrected chi connectivity index (χ0v) is 18.3. The molecule has 6 atom stereocenters. The number of carbonyl (C=O) groups is 1. The van der Waals surface area contributed by atoms with E-state index >= 15 is 0 Å². The number of amides is 1. The summed E-state index contributed by atoms with van der Waals surface area (Å²) in [4.78, 5) is 13.1. The number of fused-ring (bicyclic) bond motifs is 5. The molecule has 0 heterocycles. The van der Waals surface area contributed by atoms with E-state index in [4.69, 9.17) is 0 Å². The van der Waals surface area contributed by atoms with Crippen LogP contribution in [0.15, 0.2) is 23.3 Å². The van der Waals surface area contributed by atoms with Gasteiger partial charge in [-0.25, -0.2) is 0 Å². The lowest BCUT2D eigenvalue weighted by atomic mass is 9.48. The Morgan fingerprint density at radius 3 is 2.56 bits per heavy atom. The molecular formula is C25H39NO. The van der Waals surface area contributed by atoms with Gasteiger partial charge in [0.25, 0.3) is 0 Å². The zero-order valence-electron chi connectivity index (χ0n) is 18.3. The van der Waals surface area contributed by atoms with Crippen molar-refractivity contribution in [2.45, 2.75) is 92.0 Å². The van der Waals surface area contributed by atoms with Crippen molar-refractivity contribution in [3.8, 4) is 0 Å². The van der Waals surface area contributed by atoms with E-state index in [1.165, 1.54) is 38.5 Å². The third-order valence-electron chi connectivity index (χ3n) is 8.78. The van der Waals surface area contributed by atoms with Crippen molar-refractivity contribution < 1.29 is 4.79 Å². The summed E-state index contributed by atoms with van der Waals surface area (Å²) in [5.74, 6) is 2.81. The molecule has 0 radical (unpaired) electrons. The first-order valence-corrected chi connectivity index (χ1v) is 11.2.